The number of halogens is 1. The maximum Gasteiger partial charge on any atom is 0.334 e. The van der Waals surface area contributed by atoms with E-state index < -0.39 is 18.0 Å². The fourth-order valence-electron chi connectivity index (χ4n) is 2.44. The highest BCUT2D eigenvalue weighted by Crippen LogP contribution is 2.10. The van der Waals surface area contributed by atoms with E-state index in [1.165, 1.54) is 27.9 Å². The van der Waals surface area contributed by atoms with Gasteiger partial charge in [0.2, 0.25) is 0 Å². The second-order valence-electron chi connectivity index (χ2n) is 5.38. The zero-order valence-corrected chi connectivity index (χ0v) is 12.6. The highest BCUT2D eigenvalue weighted by Gasteiger charge is 2.30. The molecule has 1 amide bonds. The number of hydrogen-bond acceptors (Lipinski definition) is 5. The molecule has 1 aliphatic heterocycles. The number of amides is 1. The Morgan fingerprint density at radius 2 is 2.25 bits per heavy atom. The molecule has 0 radical (unpaired) electrons. The van der Waals surface area contributed by atoms with Crippen LogP contribution in [-0.2, 0) is 16.1 Å². The van der Waals surface area contributed by atoms with Gasteiger partial charge in [-0.15, -0.1) is 5.10 Å². The van der Waals surface area contributed by atoms with E-state index in [0.29, 0.717) is 12.1 Å². The number of aliphatic carboxylic acids is 1. The van der Waals surface area contributed by atoms with Crippen molar-refractivity contribution in [1.29, 1.82) is 0 Å². The Kier molecular flexibility index (Phi) is 4.52. The Labute approximate surface area is 136 Å². The second kappa shape index (κ2) is 6.75. The molecule has 2 heterocycles. The molecular formula is C15H15FN4O4. The SMILES string of the molecule is O=C(O)[C@H]1CN(C(=O)c2cn(Cc3cccc(F)c3)nn2)CCO1. The Hall–Kier alpha value is -2.81. The first-order valence-electron chi connectivity index (χ1n) is 7.31. The van der Waals surface area contributed by atoms with Gasteiger partial charge in [0.05, 0.1) is 25.9 Å². The summed E-state index contributed by atoms with van der Waals surface area (Å²) in [6, 6.07) is 6.05. The lowest BCUT2D eigenvalue weighted by Crippen LogP contribution is -2.48. The van der Waals surface area contributed by atoms with Crippen LogP contribution >= 0.6 is 0 Å². The number of nitrogens with zero attached hydrogens (tertiary/aromatic N) is 4. The molecule has 3 rings (SSSR count). The van der Waals surface area contributed by atoms with Gasteiger partial charge in [-0.3, -0.25) is 4.79 Å². The van der Waals surface area contributed by atoms with Gasteiger partial charge in [-0.25, -0.2) is 13.9 Å². The lowest BCUT2D eigenvalue weighted by Gasteiger charge is -2.30. The summed E-state index contributed by atoms with van der Waals surface area (Å²) in [4.78, 5) is 24.7. The zero-order valence-electron chi connectivity index (χ0n) is 12.6. The molecule has 0 aliphatic carbocycles. The molecule has 1 N–H and O–H groups in total. The normalized spacial score (nSPS) is 17.7. The first kappa shape index (κ1) is 16.1. The molecule has 1 saturated heterocycles. The summed E-state index contributed by atoms with van der Waals surface area (Å²) >= 11 is 0. The van der Waals surface area contributed by atoms with E-state index in [9.17, 15) is 14.0 Å². The Balaban J connectivity index is 1.68. The molecule has 0 unspecified atom stereocenters. The fourth-order valence-corrected chi connectivity index (χ4v) is 2.44. The smallest absolute Gasteiger partial charge is 0.334 e. The van der Waals surface area contributed by atoms with Crippen molar-refractivity contribution in [3.8, 4) is 0 Å². The molecule has 1 fully saturated rings. The third-order valence-electron chi connectivity index (χ3n) is 3.62. The molecule has 9 heteroatoms. The van der Waals surface area contributed by atoms with Gasteiger partial charge in [0.1, 0.15) is 5.82 Å². The first-order chi connectivity index (χ1) is 11.5. The molecule has 1 aliphatic rings. The summed E-state index contributed by atoms with van der Waals surface area (Å²) in [7, 11) is 0. The summed E-state index contributed by atoms with van der Waals surface area (Å²) in [5.41, 5.74) is 0.800. The minimum Gasteiger partial charge on any atom is -0.479 e. The van der Waals surface area contributed by atoms with Crippen LogP contribution in [0.5, 0.6) is 0 Å². The van der Waals surface area contributed by atoms with E-state index in [-0.39, 0.29) is 31.2 Å². The number of aromatic nitrogens is 3. The third-order valence-corrected chi connectivity index (χ3v) is 3.62. The molecule has 1 aromatic heterocycles. The molecule has 126 valence electrons. The maximum atomic E-state index is 13.2. The van der Waals surface area contributed by atoms with Crippen LogP contribution in [0.3, 0.4) is 0 Å². The number of hydrogen-bond donors (Lipinski definition) is 1. The molecular weight excluding hydrogens is 319 g/mol. The molecule has 8 nitrogen and oxygen atoms in total. The predicted octanol–water partition coefficient (Wildman–Crippen LogP) is 0.391. The topological polar surface area (TPSA) is 97.6 Å². The van der Waals surface area contributed by atoms with E-state index in [0.717, 1.165) is 0 Å². The summed E-state index contributed by atoms with van der Waals surface area (Å²) < 4.78 is 19.7. The number of rotatable bonds is 4. The zero-order chi connectivity index (χ0) is 17.1. The summed E-state index contributed by atoms with van der Waals surface area (Å²) in [5.74, 6) is -1.87. The van der Waals surface area contributed by atoms with Gasteiger partial charge < -0.3 is 14.7 Å². The second-order valence-corrected chi connectivity index (χ2v) is 5.38. The maximum absolute atomic E-state index is 13.2. The molecule has 0 bridgehead atoms. The van der Waals surface area contributed by atoms with Crippen molar-refractivity contribution in [2.75, 3.05) is 19.7 Å². The highest BCUT2D eigenvalue weighted by molar-refractivity contribution is 5.92. The van der Waals surface area contributed by atoms with E-state index in [2.05, 4.69) is 10.3 Å². The number of ether oxygens (including phenoxy) is 1. The summed E-state index contributed by atoms with van der Waals surface area (Å²) in [6.45, 7) is 0.684. The molecule has 0 spiro atoms. The van der Waals surface area contributed by atoms with Crippen molar-refractivity contribution < 1.29 is 23.8 Å². The third kappa shape index (κ3) is 3.57. The Bertz CT molecular complexity index is 763. The minimum absolute atomic E-state index is 0.0368. The quantitative estimate of drug-likeness (QED) is 0.869. The summed E-state index contributed by atoms with van der Waals surface area (Å²) in [5, 5.41) is 16.7. The highest BCUT2D eigenvalue weighted by atomic mass is 19.1. The monoisotopic (exact) mass is 334 g/mol. The number of morpholine rings is 1. The van der Waals surface area contributed by atoms with E-state index in [4.69, 9.17) is 9.84 Å². The molecule has 2 aromatic rings. The number of carbonyl (C=O) groups is 2. The standard InChI is InChI=1S/C15H15FN4O4/c16-11-3-1-2-10(6-11)7-20-8-12(17-18-20)14(21)19-4-5-24-13(9-19)15(22)23/h1-3,6,8,13H,4-5,7,9H2,(H,22,23)/t13-/m1/s1. The number of carboxylic acids is 1. The molecule has 1 aromatic carbocycles. The fraction of sp³-hybridized carbons (Fsp3) is 0.333. The Morgan fingerprint density at radius 1 is 1.42 bits per heavy atom. The van der Waals surface area contributed by atoms with Crippen molar-refractivity contribution in [1.82, 2.24) is 19.9 Å². The average molecular weight is 334 g/mol. The van der Waals surface area contributed by atoms with Gasteiger partial charge in [-0.05, 0) is 17.7 Å². The Morgan fingerprint density at radius 3 is 3.00 bits per heavy atom. The van der Waals surface area contributed by atoms with Gasteiger partial charge in [-0.2, -0.15) is 0 Å². The van der Waals surface area contributed by atoms with Gasteiger partial charge in [-0.1, -0.05) is 17.3 Å². The molecule has 24 heavy (non-hydrogen) atoms. The average Bonchev–Trinajstić information content (AvgIpc) is 3.02. The van der Waals surface area contributed by atoms with Gasteiger partial charge >= 0.3 is 5.97 Å². The first-order valence-corrected chi connectivity index (χ1v) is 7.31. The van der Waals surface area contributed by atoms with Crippen LogP contribution in [0.15, 0.2) is 30.5 Å². The van der Waals surface area contributed by atoms with Crippen molar-refractivity contribution in [2.45, 2.75) is 12.6 Å². The lowest BCUT2D eigenvalue weighted by atomic mass is 10.2. The van der Waals surface area contributed by atoms with E-state index in [1.54, 1.807) is 12.1 Å². The van der Waals surface area contributed by atoms with Gasteiger partial charge in [0, 0.05) is 6.54 Å². The van der Waals surface area contributed by atoms with Crippen LogP contribution in [0.2, 0.25) is 0 Å². The van der Waals surface area contributed by atoms with Crippen molar-refractivity contribution >= 4 is 11.9 Å². The minimum atomic E-state index is -1.11. The van der Waals surface area contributed by atoms with Crippen LogP contribution in [-0.4, -0.2) is 62.7 Å². The van der Waals surface area contributed by atoms with Crippen LogP contribution in [0.1, 0.15) is 16.1 Å². The van der Waals surface area contributed by atoms with Crippen LogP contribution in [0.25, 0.3) is 0 Å². The van der Waals surface area contributed by atoms with Gasteiger partial charge in [0.25, 0.3) is 5.91 Å². The van der Waals surface area contributed by atoms with Crippen LogP contribution in [0.4, 0.5) is 4.39 Å². The van der Waals surface area contributed by atoms with Crippen molar-refractivity contribution in [3.63, 3.8) is 0 Å². The van der Waals surface area contributed by atoms with Crippen molar-refractivity contribution in [2.24, 2.45) is 0 Å². The van der Waals surface area contributed by atoms with Crippen LogP contribution < -0.4 is 0 Å². The lowest BCUT2D eigenvalue weighted by molar-refractivity contribution is -0.154. The van der Waals surface area contributed by atoms with E-state index >= 15 is 0 Å². The summed E-state index contributed by atoms with van der Waals surface area (Å²) in [6.07, 6.45) is 0.420. The van der Waals surface area contributed by atoms with E-state index in [1.807, 2.05) is 0 Å². The predicted molar refractivity (Wildman–Crippen MR) is 78.8 cm³/mol. The van der Waals surface area contributed by atoms with Crippen LogP contribution in [0, 0.1) is 5.82 Å². The largest absolute Gasteiger partial charge is 0.479 e. The molecule has 0 saturated carbocycles. The number of carboxylic acid groups (broad SMARTS) is 1. The van der Waals surface area contributed by atoms with Crippen molar-refractivity contribution in [3.05, 3.63) is 47.5 Å². The number of benzene rings is 1. The number of carbonyl (C=O) groups excluding carboxylic acids is 1. The molecule has 1 atom stereocenters. The van der Waals surface area contributed by atoms with Gasteiger partial charge in [0.15, 0.2) is 11.8 Å².